The van der Waals surface area contributed by atoms with Crippen molar-refractivity contribution < 1.29 is 9.90 Å². The van der Waals surface area contributed by atoms with Gasteiger partial charge in [0.2, 0.25) is 5.91 Å². The Kier molecular flexibility index (Phi) is 5.60. The van der Waals surface area contributed by atoms with E-state index in [1.165, 1.54) is 0 Å². The zero-order valence-corrected chi connectivity index (χ0v) is 13.4. The normalized spacial score (nSPS) is 12.3. The van der Waals surface area contributed by atoms with Crippen LogP contribution in [0.15, 0.2) is 24.3 Å². The second-order valence-corrected chi connectivity index (χ2v) is 6.89. The highest BCUT2D eigenvalue weighted by Gasteiger charge is 2.31. The molecule has 0 fully saturated rings. The summed E-state index contributed by atoms with van der Waals surface area (Å²) in [6.45, 7) is 8.47. The van der Waals surface area contributed by atoms with Gasteiger partial charge in [-0.25, -0.2) is 0 Å². The van der Waals surface area contributed by atoms with Crippen LogP contribution in [0, 0.1) is 5.41 Å². The number of benzene rings is 1. The van der Waals surface area contributed by atoms with Crippen molar-refractivity contribution in [3.05, 3.63) is 34.9 Å². The third-order valence-corrected chi connectivity index (χ3v) is 3.87. The van der Waals surface area contributed by atoms with E-state index < -0.39 is 5.41 Å². The summed E-state index contributed by atoms with van der Waals surface area (Å²) in [4.78, 5) is 12.4. The number of carbonyl (C=O) groups excluding carboxylic acids is 1. The van der Waals surface area contributed by atoms with E-state index in [0.717, 1.165) is 5.56 Å². The Balaban J connectivity index is 2.75. The molecular weight excluding hydrogens is 274 g/mol. The van der Waals surface area contributed by atoms with Gasteiger partial charge in [0, 0.05) is 18.2 Å². The highest BCUT2D eigenvalue weighted by Crippen LogP contribution is 2.26. The average molecular weight is 298 g/mol. The summed E-state index contributed by atoms with van der Waals surface area (Å²) in [6.07, 6.45) is 0.658. The maximum Gasteiger partial charge on any atom is 0.230 e. The maximum atomic E-state index is 12.4. The fraction of sp³-hybridized carbons (Fsp3) is 0.562. The molecule has 0 bridgehead atoms. The van der Waals surface area contributed by atoms with Gasteiger partial charge in [0.15, 0.2) is 0 Å². The minimum atomic E-state index is -0.639. The summed E-state index contributed by atoms with van der Waals surface area (Å²) in [5.41, 5.74) is 0.136. The van der Waals surface area contributed by atoms with Crippen molar-refractivity contribution >= 4 is 17.5 Å². The van der Waals surface area contributed by atoms with Gasteiger partial charge in [0.1, 0.15) is 0 Å². The number of nitrogens with one attached hydrogen (secondary N) is 1. The van der Waals surface area contributed by atoms with E-state index in [1.807, 2.05) is 45.9 Å². The molecule has 0 aliphatic heterocycles. The molecule has 4 heteroatoms. The Bertz CT molecular complexity index is 469. The lowest BCUT2D eigenvalue weighted by Crippen LogP contribution is -2.44. The number of hydrogen-bond acceptors (Lipinski definition) is 2. The Morgan fingerprint density at radius 1 is 1.30 bits per heavy atom. The first-order chi connectivity index (χ1) is 9.19. The predicted octanol–water partition coefficient (Wildman–Crippen LogP) is 3.14. The molecule has 0 unspecified atom stereocenters. The molecule has 1 aromatic carbocycles. The number of aliphatic hydroxyl groups is 1. The van der Waals surface area contributed by atoms with Crippen LogP contribution in [0.2, 0.25) is 5.02 Å². The second-order valence-electron chi connectivity index (χ2n) is 6.46. The first kappa shape index (κ1) is 17.0. The molecule has 0 saturated heterocycles. The molecule has 3 nitrogen and oxygen atoms in total. The SMILES string of the molecule is CC(C)(CCO)CNC(=O)C(C)(C)c1cccc(Cl)c1. The van der Waals surface area contributed by atoms with Crippen LogP contribution >= 0.6 is 11.6 Å². The number of halogens is 1. The molecule has 0 heterocycles. The summed E-state index contributed by atoms with van der Waals surface area (Å²) < 4.78 is 0. The van der Waals surface area contributed by atoms with Gasteiger partial charge in [-0.2, -0.15) is 0 Å². The minimum absolute atomic E-state index is 0.0363. The first-order valence-electron chi connectivity index (χ1n) is 6.84. The Morgan fingerprint density at radius 2 is 1.95 bits per heavy atom. The molecule has 1 amide bonds. The number of amides is 1. The van der Waals surface area contributed by atoms with Crippen molar-refractivity contribution in [2.45, 2.75) is 39.5 Å². The van der Waals surface area contributed by atoms with Gasteiger partial charge >= 0.3 is 0 Å². The van der Waals surface area contributed by atoms with Crippen LogP contribution in [-0.2, 0) is 10.2 Å². The summed E-state index contributed by atoms with van der Waals surface area (Å²) in [7, 11) is 0. The van der Waals surface area contributed by atoms with E-state index in [9.17, 15) is 4.79 Å². The summed E-state index contributed by atoms with van der Waals surface area (Å²) in [5, 5.41) is 12.6. The molecule has 0 atom stereocenters. The fourth-order valence-corrected chi connectivity index (χ4v) is 2.13. The van der Waals surface area contributed by atoms with Crippen LogP contribution < -0.4 is 5.32 Å². The van der Waals surface area contributed by atoms with E-state index in [-0.39, 0.29) is 17.9 Å². The molecule has 112 valence electrons. The highest BCUT2D eigenvalue weighted by atomic mass is 35.5. The number of carbonyl (C=O) groups is 1. The molecule has 2 N–H and O–H groups in total. The van der Waals surface area contributed by atoms with Gasteiger partial charge in [-0.3, -0.25) is 4.79 Å². The lowest BCUT2D eigenvalue weighted by Gasteiger charge is -2.29. The monoisotopic (exact) mass is 297 g/mol. The molecule has 0 aromatic heterocycles. The predicted molar refractivity (Wildman–Crippen MR) is 83.0 cm³/mol. The quantitative estimate of drug-likeness (QED) is 0.847. The Hall–Kier alpha value is -1.06. The number of aliphatic hydroxyl groups excluding tert-OH is 1. The van der Waals surface area contributed by atoms with Gasteiger partial charge in [-0.05, 0) is 43.4 Å². The van der Waals surface area contributed by atoms with Crippen LogP contribution in [0.25, 0.3) is 0 Å². The lowest BCUT2D eigenvalue weighted by atomic mass is 9.83. The molecule has 0 aliphatic carbocycles. The van der Waals surface area contributed by atoms with Crippen LogP contribution in [0.4, 0.5) is 0 Å². The van der Waals surface area contributed by atoms with Crippen molar-refractivity contribution in [3.8, 4) is 0 Å². The molecule has 1 aromatic rings. The zero-order valence-electron chi connectivity index (χ0n) is 12.7. The van der Waals surface area contributed by atoms with E-state index in [2.05, 4.69) is 5.32 Å². The number of hydrogen-bond donors (Lipinski definition) is 2. The highest BCUT2D eigenvalue weighted by molar-refractivity contribution is 6.30. The standard InChI is InChI=1S/C16H24ClNO2/c1-15(2,8-9-19)11-18-14(20)16(3,4)12-6-5-7-13(17)10-12/h5-7,10,19H,8-9,11H2,1-4H3,(H,18,20). The Labute approximate surface area is 126 Å². The zero-order chi connectivity index (χ0) is 15.4. The van der Waals surface area contributed by atoms with Crippen LogP contribution in [0.5, 0.6) is 0 Å². The van der Waals surface area contributed by atoms with Gasteiger partial charge in [-0.15, -0.1) is 0 Å². The molecular formula is C16H24ClNO2. The first-order valence-corrected chi connectivity index (χ1v) is 7.22. The van der Waals surface area contributed by atoms with Gasteiger partial charge in [0.25, 0.3) is 0 Å². The summed E-state index contributed by atoms with van der Waals surface area (Å²) in [6, 6.07) is 7.37. The second kappa shape index (κ2) is 6.59. The smallest absolute Gasteiger partial charge is 0.230 e. The third-order valence-electron chi connectivity index (χ3n) is 3.63. The van der Waals surface area contributed by atoms with Crippen LogP contribution in [0.1, 0.15) is 39.7 Å². The lowest BCUT2D eigenvalue weighted by molar-refractivity contribution is -0.126. The summed E-state index contributed by atoms with van der Waals surface area (Å²) in [5.74, 6) is -0.0363. The fourth-order valence-electron chi connectivity index (χ4n) is 1.94. The maximum absolute atomic E-state index is 12.4. The minimum Gasteiger partial charge on any atom is -0.396 e. The molecule has 0 saturated carbocycles. The molecule has 20 heavy (non-hydrogen) atoms. The third kappa shape index (κ3) is 4.50. The topological polar surface area (TPSA) is 49.3 Å². The van der Waals surface area contributed by atoms with Crippen molar-refractivity contribution in [2.24, 2.45) is 5.41 Å². The van der Waals surface area contributed by atoms with E-state index >= 15 is 0 Å². The van der Waals surface area contributed by atoms with Crippen LogP contribution in [0.3, 0.4) is 0 Å². The van der Waals surface area contributed by atoms with Crippen LogP contribution in [-0.4, -0.2) is 24.2 Å². The molecule has 0 radical (unpaired) electrons. The van der Waals surface area contributed by atoms with E-state index in [4.69, 9.17) is 16.7 Å². The molecule has 0 spiro atoms. The van der Waals surface area contributed by atoms with Gasteiger partial charge in [0.05, 0.1) is 5.41 Å². The van der Waals surface area contributed by atoms with Crippen molar-refractivity contribution in [1.82, 2.24) is 5.32 Å². The average Bonchev–Trinajstić information content (AvgIpc) is 2.36. The largest absolute Gasteiger partial charge is 0.396 e. The molecule has 0 aliphatic rings. The van der Waals surface area contributed by atoms with Gasteiger partial charge in [-0.1, -0.05) is 37.6 Å². The van der Waals surface area contributed by atoms with E-state index in [1.54, 1.807) is 6.07 Å². The van der Waals surface area contributed by atoms with E-state index in [0.29, 0.717) is 18.0 Å². The van der Waals surface area contributed by atoms with Crippen molar-refractivity contribution in [2.75, 3.05) is 13.2 Å². The number of rotatable bonds is 6. The van der Waals surface area contributed by atoms with Crippen molar-refractivity contribution in [3.63, 3.8) is 0 Å². The molecule has 1 rings (SSSR count). The van der Waals surface area contributed by atoms with Gasteiger partial charge < -0.3 is 10.4 Å². The summed E-state index contributed by atoms with van der Waals surface area (Å²) >= 11 is 5.99. The Morgan fingerprint density at radius 3 is 2.50 bits per heavy atom. The van der Waals surface area contributed by atoms with Crippen molar-refractivity contribution in [1.29, 1.82) is 0 Å².